The van der Waals surface area contributed by atoms with Crippen molar-refractivity contribution in [2.75, 3.05) is 6.61 Å². The van der Waals surface area contributed by atoms with Crippen molar-refractivity contribution in [2.24, 2.45) is 0 Å². The van der Waals surface area contributed by atoms with Crippen molar-refractivity contribution < 1.29 is 19.5 Å². The Bertz CT molecular complexity index is 330. The number of aromatic nitrogens is 2. The van der Waals surface area contributed by atoms with Gasteiger partial charge in [0.05, 0.1) is 6.61 Å². The zero-order chi connectivity index (χ0) is 9.84. The Kier molecular flexibility index (Phi) is 3.18. The summed E-state index contributed by atoms with van der Waals surface area (Å²) < 4.78 is 5.84. The SMILES string of the molecule is CCOC(=O)c1ncc(Br)c[n+]1O. The maximum atomic E-state index is 11.1. The third kappa shape index (κ3) is 2.38. The van der Waals surface area contributed by atoms with Crippen LogP contribution in [0.2, 0.25) is 0 Å². The van der Waals surface area contributed by atoms with E-state index in [4.69, 9.17) is 0 Å². The topological polar surface area (TPSA) is 63.3 Å². The molecule has 1 heterocycles. The van der Waals surface area contributed by atoms with Gasteiger partial charge in [0.15, 0.2) is 12.4 Å². The second kappa shape index (κ2) is 4.18. The molecule has 0 atom stereocenters. The highest BCUT2D eigenvalue weighted by atomic mass is 79.9. The molecule has 0 saturated heterocycles. The number of carbonyl (C=O) groups is 1. The predicted octanol–water partition coefficient (Wildman–Crippen LogP) is 0.546. The van der Waals surface area contributed by atoms with Gasteiger partial charge in [-0.15, -0.1) is 0 Å². The Hall–Kier alpha value is -1.17. The van der Waals surface area contributed by atoms with Crippen LogP contribution in [0.25, 0.3) is 0 Å². The fraction of sp³-hybridized carbons (Fsp3) is 0.286. The summed E-state index contributed by atoms with van der Waals surface area (Å²) in [7, 11) is 0. The van der Waals surface area contributed by atoms with Crippen LogP contribution in [0.4, 0.5) is 0 Å². The molecule has 0 aliphatic rings. The van der Waals surface area contributed by atoms with Crippen molar-refractivity contribution in [2.45, 2.75) is 6.92 Å². The summed E-state index contributed by atoms with van der Waals surface area (Å²) in [5, 5.41) is 9.21. The van der Waals surface area contributed by atoms with E-state index < -0.39 is 5.97 Å². The number of hydrogen-bond acceptors (Lipinski definition) is 4. The van der Waals surface area contributed by atoms with Gasteiger partial charge in [-0.25, -0.2) is 4.79 Å². The maximum Gasteiger partial charge on any atom is 0.448 e. The number of halogens is 1. The molecule has 1 rings (SSSR count). The molecule has 0 bridgehead atoms. The fourth-order valence-corrected chi connectivity index (χ4v) is 1.03. The highest BCUT2D eigenvalue weighted by Crippen LogP contribution is 2.03. The van der Waals surface area contributed by atoms with Crippen LogP contribution in [0, 0.1) is 0 Å². The minimum absolute atomic E-state index is 0.148. The molecular formula is C7H8BrN2O3+. The van der Waals surface area contributed by atoms with Crippen molar-refractivity contribution in [3.8, 4) is 0 Å². The lowest BCUT2D eigenvalue weighted by atomic mass is 10.5. The predicted molar refractivity (Wildman–Crippen MR) is 45.3 cm³/mol. The highest BCUT2D eigenvalue weighted by molar-refractivity contribution is 9.10. The number of hydrogen-bond donors (Lipinski definition) is 1. The average molecular weight is 248 g/mol. The first-order chi connectivity index (χ1) is 6.15. The standard InChI is InChI=1S/C7H8BrN2O3/c1-2-13-7(11)6-9-3-5(8)4-10(6)12/h3-4,12H,2H2,1H3/q+1. The lowest BCUT2D eigenvalue weighted by Gasteiger charge is -1.96. The van der Waals surface area contributed by atoms with Gasteiger partial charge in [-0.2, -0.15) is 0 Å². The van der Waals surface area contributed by atoms with Gasteiger partial charge >= 0.3 is 11.8 Å². The summed E-state index contributed by atoms with van der Waals surface area (Å²) in [6.07, 6.45) is 2.71. The van der Waals surface area contributed by atoms with Gasteiger partial charge < -0.3 is 9.94 Å². The number of carbonyl (C=O) groups excluding carboxylic acids is 1. The Morgan fingerprint density at radius 3 is 3.08 bits per heavy atom. The zero-order valence-electron chi connectivity index (χ0n) is 6.90. The lowest BCUT2D eigenvalue weighted by Crippen LogP contribution is -2.39. The first-order valence-corrected chi connectivity index (χ1v) is 4.38. The monoisotopic (exact) mass is 247 g/mol. The van der Waals surface area contributed by atoms with E-state index in [0.717, 1.165) is 0 Å². The molecule has 5 nitrogen and oxygen atoms in total. The van der Waals surface area contributed by atoms with Crippen molar-refractivity contribution >= 4 is 21.9 Å². The van der Waals surface area contributed by atoms with Crippen LogP contribution in [0.1, 0.15) is 17.5 Å². The summed E-state index contributed by atoms with van der Waals surface area (Å²) in [6, 6.07) is 0. The summed E-state index contributed by atoms with van der Waals surface area (Å²) in [5.74, 6) is -0.803. The summed E-state index contributed by atoms with van der Waals surface area (Å²) in [5.41, 5.74) is 0. The Morgan fingerprint density at radius 2 is 2.54 bits per heavy atom. The number of esters is 1. The Morgan fingerprint density at radius 1 is 1.85 bits per heavy atom. The van der Waals surface area contributed by atoms with Crippen molar-refractivity contribution in [1.29, 1.82) is 0 Å². The molecule has 13 heavy (non-hydrogen) atoms. The van der Waals surface area contributed by atoms with E-state index in [1.54, 1.807) is 6.92 Å². The summed E-state index contributed by atoms with van der Waals surface area (Å²) >= 11 is 3.09. The molecule has 0 aliphatic carbocycles. The molecular weight excluding hydrogens is 240 g/mol. The summed E-state index contributed by atoms with van der Waals surface area (Å²) in [4.78, 5) is 14.8. The molecule has 0 amide bonds. The largest absolute Gasteiger partial charge is 0.457 e. The number of rotatable bonds is 2. The molecule has 0 spiro atoms. The third-order valence-corrected chi connectivity index (χ3v) is 1.64. The van der Waals surface area contributed by atoms with Crippen molar-refractivity contribution in [1.82, 2.24) is 4.98 Å². The minimum Gasteiger partial charge on any atom is -0.457 e. The number of ether oxygens (including phenoxy) is 1. The van der Waals surface area contributed by atoms with Crippen LogP contribution >= 0.6 is 15.9 Å². The smallest absolute Gasteiger partial charge is 0.448 e. The minimum atomic E-state index is -0.655. The van der Waals surface area contributed by atoms with Gasteiger partial charge in [0.25, 0.3) is 0 Å². The van der Waals surface area contributed by atoms with Crippen LogP contribution in [-0.4, -0.2) is 22.8 Å². The van der Waals surface area contributed by atoms with E-state index in [9.17, 15) is 10.0 Å². The molecule has 0 aromatic carbocycles. The average Bonchev–Trinajstić information content (AvgIpc) is 2.04. The summed E-state index contributed by atoms with van der Waals surface area (Å²) in [6.45, 7) is 1.93. The van der Waals surface area contributed by atoms with Crippen LogP contribution < -0.4 is 4.73 Å². The van der Waals surface area contributed by atoms with E-state index in [-0.39, 0.29) is 12.4 Å². The second-order valence-electron chi connectivity index (χ2n) is 2.16. The molecule has 0 unspecified atom stereocenters. The van der Waals surface area contributed by atoms with Crippen LogP contribution in [-0.2, 0) is 4.74 Å². The van der Waals surface area contributed by atoms with Crippen LogP contribution in [0.15, 0.2) is 16.9 Å². The first kappa shape index (κ1) is 9.91. The molecule has 0 saturated carbocycles. The number of nitrogens with zero attached hydrogens (tertiary/aromatic N) is 2. The second-order valence-corrected chi connectivity index (χ2v) is 3.08. The quantitative estimate of drug-likeness (QED) is 0.471. The Labute approximate surface area is 83.1 Å². The van der Waals surface area contributed by atoms with E-state index >= 15 is 0 Å². The molecule has 0 radical (unpaired) electrons. The van der Waals surface area contributed by atoms with Crippen molar-refractivity contribution in [3.63, 3.8) is 0 Å². The Balaban J connectivity index is 2.95. The molecule has 1 aromatic rings. The molecule has 0 fully saturated rings. The lowest BCUT2D eigenvalue weighted by molar-refractivity contribution is -0.908. The molecule has 6 heteroatoms. The van der Waals surface area contributed by atoms with Gasteiger partial charge in [0, 0.05) is 0 Å². The normalized spacial score (nSPS) is 9.69. The fourth-order valence-electron chi connectivity index (χ4n) is 0.735. The van der Waals surface area contributed by atoms with E-state index in [1.165, 1.54) is 12.4 Å². The van der Waals surface area contributed by atoms with Gasteiger partial charge in [-0.3, -0.25) is 0 Å². The van der Waals surface area contributed by atoms with E-state index in [1.807, 2.05) is 0 Å². The van der Waals surface area contributed by atoms with E-state index in [0.29, 0.717) is 9.20 Å². The van der Waals surface area contributed by atoms with E-state index in [2.05, 4.69) is 25.7 Å². The first-order valence-electron chi connectivity index (χ1n) is 3.58. The maximum absolute atomic E-state index is 11.1. The van der Waals surface area contributed by atoms with Crippen molar-refractivity contribution in [3.05, 3.63) is 22.7 Å². The molecule has 70 valence electrons. The van der Waals surface area contributed by atoms with Crippen LogP contribution in [0.3, 0.4) is 0 Å². The van der Waals surface area contributed by atoms with Gasteiger partial charge in [0.2, 0.25) is 0 Å². The molecule has 1 aromatic heterocycles. The molecule has 1 N–H and O–H groups in total. The zero-order valence-corrected chi connectivity index (χ0v) is 8.48. The highest BCUT2D eigenvalue weighted by Gasteiger charge is 2.23. The van der Waals surface area contributed by atoms with Gasteiger partial charge in [0.1, 0.15) is 4.47 Å². The van der Waals surface area contributed by atoms with Crippen LogP contribution in [0.5, 0.6) is 0 Å². The van der Waals surface area contributed by atoms with Gasteiger partial charge in [-0.05, 0) is 32.6 Å². The van der Waals surface area contributed by atoms with Gasteiger partial charge in [-0.1, -0.05) is 0 Å². The molecule has 0 aliphatic heterocycles. The third-order valence-electron chi connectivity index (χ3n) is 1.23.